The van der Waals surface area contributed by atoms with Gasteiger partial charge in [-0.2, -0.15) is 4.98 Å². The standard InChI is InChI=1S/C13H10ClN3/c14-13-15-8-11-6-7-17(12(11)16-13)9-10-4-2-1-3-5-10/h1-8H,9H2. The molecule has 0 saturated carbocycles. The van der Waals surface area contributed by atoms with Gasteiger partial charge in [0.05, 0.1) is 0 Å². The minimum atomic E-state index is 0.283. The summed E-state index contributed by atoms with van der Waals surface area (Å²) in [5.41, 5.74) is 2.11. The van der Waals surface area contributed by atoms with E-state index in [-0.39, 0.29) is 5.28 Å². The second-order valence-corrected chi connectivity index (χ2v) is 4.19. The number of hydrogen-bond acceptors (Lipinski definition) is 2. The fourth-order valence-electron chi connectivity index (χ4n) is 1.86. The van der Waals surface area contributed by atoms with Crippen LogP contribution >= 0.6 is 11.6 Å². The van der Waals surface area contributed by atoms with E-state index in [4.69, 9.17) is 11.6 Å². The lowest BCUT2D eigenvalue weighted by Crippen LogP contribution is -1.99. The second-order valence-electron chi connectivity index (χ2n) is 3.85. The highest BCUT2D eigenvalue weighted by Gasteiger charge is 2.04. The molecule has 0 fully saturated rings. The minimum Gasteiger partial charge on any atom is -0.328 e. The fourth-order valence-corrected chi connectivity index (χ4v) is 1.99. The lowest BCUT2D eigenvalue weighted by molar-refractivity contribution is 0.823. The molecule has 3 rings (SSSR count). The third-order valence-electron chi connectivity index (χ3n) is 2.67. The summed E-state index contributed by atoms with van der Waals surface area (Å²) in [6.07, 6.45) is 3.74. The van der Waals surface area contributed by atoms with Crippen molar-refractivity contribution in [2.45, 2.75) is 6.54 Å². The van der Waals surface area contributed by atoms with Crippen molar-refractivity contribution in [2.75, 3.05) is 0 Å². The van der Waals surface area contributed by atoms with Gasteiger partial charge in [-0.3, -0.25) is 0 Å². The van der Waals surface area contributed by atoms with Gasteiger partial charge >= 0.3 is 0 Å². The van der Waals surface area contributed by atoms with Crippen molar-refractivity contribution in [3.05, 3.63) is 59.6 Å². The average molecular weight is 244 g/mol. The molecule has 0 aliphatic heterocycles. The lowest BCUT2D eigenvalue weighted by Gasteiger charge is -2.04. The van der Waals surface area contributed by atoms with Gasteiger partial charge in [0.1, 0.15) is 5.65 Å². The molecule has 0 aliphatic carbocycles. The number of fused-ring (bicyclic) bond motifs is 1. The molecule has 0 radical (unpaired) electrons. The van der Waals surface area contributed by atoms with E-state index < -0.39 is 0 Å². The molecule has 0 bridgehead atoms. The zero-order chi connectivity index (χ0) is 11.7. The van der Waals surface area contributed by atoms with Crippen molar-refractivity contribution in [2.24, 2.45) is 0 Å². The van der Waals surface area contributed by atoms with E-state index >= 15 is 0 Å². The smallest absolute Gasteiger partial charge is 0.224 e. The van der Waals surface area contributed by atoms with Crippen molar-refractivity contribution < 1.29 is 0 Å². The summed E-state index contributed by atoms with van der Waals surface area (Å²) in [6.45, 7) is 0.789. The second kappa shape index (κ2) is 4.18. The zero-order valence-electron chi connectivity index (χ0n) is 9.05. The van der Waals surface area contributed by atoms with Crippen LogP contribution < -0.4 is 0 Å². The first-order valence-corrected chi connectivity index (χ1v) is 5.72. The normalized spacial score (nSPS) is 10.9. The Balaban J connectivity index is 2.03. The summed E-state index contributed by atoms with van der Waals surface area (Å²) < 4.78 is 2.07. The molecule has 0 N–H and O–H groups in total. The molecule has 4 heteroatoms. The third-order valence-corrected chi connectivity index (χ3v) is 2.85. The molecule has 2 aromatic heterocycles. The molecule has 0 amide bonds. The van der Waals surface area contributed by atoms with Crippen LogP contribution in [0.1, 0.15) is 5.56 Å². The van der Waals surface area contributed by atoms with Gasteiger partial charge in [0.25, 0.3) is 0 Å². The van der Waals surface area contributed by atoms with Gasteiger partial charge in [-0.15, -0.1) is 0 Å². The molecular formula is C13H10ClN3. The molecule has 3 aromatic rings. The number of aromatic nitrogens is 3. The van der Waals surface area contributed by atoms with Crippen LogP contribution in [-0.4, -0.2) is 14.5 Å². The van der Waals surface area contributed by atoms with Gasteiger partial charge in [0.2, 0.25) is 5.28 Å². The highest BCUT2D eigenvalue weighted by atomic mass is 35.5. The van der Waals surface area contributed by atoms with Crippen molar-refractivity contribution in [3.8, 4) is 0 Å². The number of halogens is 1. The molecule has 0 spiro atoms. The highest BCUT2D eigenvalue weighted by Crippen LogP contribution is 2.15. The van der Waals surface area contributed by atoms with E-state index in [2.05, 4.69) is 26.7 Å². The van der Waals surface area contributed by atoms with Gasteiger partial charge < -0.3 is 4.57 Å². The quantitative estimate of drug-likeness (QED) is 0.648. The lowest BCUT2D eigenvalue weighted by atomic mass is 10.2. The molecule has 17 heavy (non-hydrogen) atoms. The molecule has 0 saturated heterocycles. The van der Waals surface area contributed by atoms with Crippen LogP contribution in [0.3, 0.4) is 0 Å². The number of rotatable bonds is 2. The summed E-state index contributed by atoms with van der Waals surface area (Å²) in [5.74, 6) is 0. The van der Waals surface area contributed by atoms with Crippen LogP contribution in [0.15, 0.2) is 48.8 Å². The maximum absolute atomic E-state index is 5.81. The predicted octanol–water partition coefficient (Wildman–Crippen LogP) is 3.13. The number of nitrogens with zero attached hydrogens (tertiary/aromatic N) is 3. The first-order valence-electron chi connectivity index (χ1n) is 5.34. The predicted molar refractivity (Wildman–Crippen MR) is 68.1 cm³/mol. The van der Waals surface area contributed by atoms with E-state index in [1.54, 1.807) is 6.20 Å². The first-order chi connectivity index (χ1) is 8.33. The Morgan fingerprint density at radius 3 is 2.76 bits per heavy atom. The topological polar surface area (TPSA) is 30.7 Å². The van der Waals surface area contributed by atoms with Crippen LogP contribution in [0.25, 0.3) is 11.0 Å². The zero-order valence-corrected chi connectivity index (χ0v) is 9.80. The Morgan fingerprint density at radius 1 is 1.12 bits per heavy atom. The van der Waals surface area contributed by atoms with Gasteiger partial charge in [0.15, 0.2) is 0 Å². The van der Waals surface area contributed by atoms with Gasteiger partial charge in [-0.05, 0) is 23.2 Å². The van der Waals surface area contributed by atoms with E-state index in [1.165, 1.54) is 5.56 Å². The Morgan fingerprint density at radius 2 is 1.94 bits per heavy atom. The fraction of sp³-hybridized carbons (Fsp3) is 0.0769. The summed E-state index contributed by atoms with van der Waals surface area (Å²) >= 11 is 5.81. The van der Waals surface area contributed by atoms with E-state index in [0.29, 0.717) is 0 Å². The highest BCUT2D eigenvalue weighted by molar-refractivity contribution is 6.28. The van der Waals surface area contributed by atoms with Crippen LogP contribution in [-0.2, 0) is 6.54 Å². The summed E-state index contributed by atoms with van der Waals surface area (Å²) in [7, 11) is 0. The maximum atomic E-state index is 5.81. The molecule has 0 unspecified atom stereocenters. The Kier molecular flexibility index (Phi) is 2.53. The maximum Gasteiger partial charge on any atom is 0.224 e. The van der Waals surface area contributed by atoms with Crippen molar-refractivity contribution in [1.29, 1.82) is 0 Å². The summed E-state index contributed by atoms with van der Waals surface area (Å²) in [6, 6.07) is 12.3. The average Bonchev–Trinajstić information content (AvgIpc) is 2.73. The Labute approximate surface area is 104 Å². The van der Waals surface area contributed by atoms with E-state index in [9.17, 15) is 0 Å². The Bertz CT molecular complexity index is 646. The number of benzene rings is 1. The molecular weight excluding hydrogens is 234 g/mol. The molecule has 84 valence electrons. The summed E-state index contributed by atoms with van der Waals surface area (Å²) in [4.78, 5) is 8.22. The van der Waals surface area contributed by atoms with Crippen LogP contribution in [0.5, 0.6) is 0 Å². The molecule has 0 aliphatic rings. The van der Waals surface area contributed by atoms with Crippen LogP contribution in [0, 0.1) is 0 Å². The molecule has 2 heterocycles. The molecule has 0 atom stereocenters. The van der Waals surface area contributed by atoms with Crippen molar-refractivity contribution in [1.82, 2.24) is 14.5 Å². The van der Waals surface area contributed by atoms with E-state index in [0.717, 1.165) is 17.6 Å². The van der Waals surface area contributed by atoms with E-state index in [1.807, 2.05) is 30.5 Å². The Hall–Kier alpha value is -1.87. The molecule has 1 aromatic carbocycles. The van der Waals surface area contributed by atoms with Crippen molar-refractivity contribution in [3.63, 3.8) is 0 Å². The van der Waals surface area contributed by atoms with Gasteiger partial charge in [0, 0.05) is 24.3 Å². The largest absolute Gasteiger partial charge is 0.328 e. The number of hydrogen-bond donors (Lipinski definition) is 0. The van der Waals surface area contributed by atoms with Crippen LogP contribution in [0.2, 0.25) is 5.28 Å². The third kappa shape index (κ3) is 2.01. The molecule has 3 nitrogen and oxygen atoms in total. The summed E-state index contributed by atoms with van der Waals surface area (Å²) in [5, 5.41) is 1.29. The van der Waals surface area contributed by atoms with Gasteiger partial charge in [-0.1, -0.05) is 30.3 Å². The van der Waals surface area contributed by atoms with Crippen molar-refractivity contribution >= 4 is 22.6 Å². The SMILES string of the molecule is Clc1ncc2ccn(Cc3ccccc3)c2n1. The monoisotopic (exact) mass is 243 g/mol. The minimum absolute atomic E-state index is 0.283. The van der Waals surface area contributed by atoms with Crippen LogP contribution in [0.4, 0.5) is 0 Å². The van der Waals surface area contributed by atoms with Gasteiger partial charge in [-0.25, -0.2) is 4.98 Å². The first kappa shape index (κ1) is 10.3.